The van der Waals surface area contributed by atoms with Crippen LogP contribution in [0.15, 0.2) is 23.1 Å². The summed E-state index contributed by atoms with van der Waals surface area (Å²) in [5.41, 5.74) is 0.614. The van der Waals surface area contributed by atoms with E-state index in [1.165, 1.54) is 25.1 Å². The van der Waals surface area contributed by atoms with Gasteiger partial charge >= 0.3 is 5.97 Å². The molecule has 0 heterocycles. The van der Waals surface area contributed by atoms with E-state index in [9.17, 15) is 18.3 Å². The second-order valence-electron chi connectivity index (χ2n) is 4.54. The predicted molar refractivity (Wildman–Crippen MR) is 75.8 cm³/mol. The number of hydrogen-bond acceptors (Lipinski definition) is 5. The fourth-order valence-electron chi connectivity index (χ4n) is 1.70. The minimum atomic E-state index is -4.05. The molecule has 0 aliphatic carbocycles. The van der Waals surface area contributed by atoms with Crippen molar-refractivity contribution >= 4 is 16.0 Å². The number of sulfonamides is 1. The highest BCUT2D eigenvalue weighted by atomic mass is 32.2. The fourth-order valence-corrected chi connectivity index (χ4v) is 3.04. The molecule has 118 valence electrons. The van der Waals surface area contributed by atoms with Crippen molar-refractivity contribution in [3.05, 3.63) is 23.8 Å². The Morgan fingerprint density at radius 3 is 2.48 bits per heavy atom. The summed E-state index contributed by atoms with van der Waals surface area (Å²) in [6.07, 6.45) is -1.36. The number of aliphatic carboxylic acids is 1. The summed E-state index contributed by atoms with van der Waals surface area (Å²) in [5, 5.41) is 18.2. The van der Waals surface area contributed by atoms with Gasteiger partial charge in [-0.3, -0.25) is 4.79 Å². The third-order valence-electron chi connectivity index (χ3n) is 2.79. The van der Waals surface area contributed by atoms with Crippen LogP contribution in [0.25, 0.3) is 0 Å². The minimum Gasteiger partial charge on any atom is -0.494 e. The highest BCUT2D eigenvalue weighted by Gasteiger charge is 2.29. The van der Waals surface area contributed by atoms with Crippen molar-refractivity contribution in [2.45, 2.75) is 37.8 Å². The van der Waals surface area contributed by atoms with Crippen LogP contribution in [0.1, 0.15) is 19.4 Å². The third-order valence-corrected chi connectivity index (χ3v) is 4.23. The van der Waals surface area contributed by atoms with Crippen LogP contribution < -0.4 is 9.46 Å². The Kier molecular flexibility index (Phi) is 5.70. The predicted octanol–water partition coefficient (Wildman–Crippen LogP) is 0.506. The van der Waals surface area contributed by atoms with Crippen LogP contribution in [-0.2, 0) is 14.8 Å². The van der Waals surface area contributed by atoms with Crippen LogP contribution in [0.4, 0.5) is 0 Å². The zero-order valence-corrected chi connectivity index (χ0v) is 12.8. The number of benzene rings is 1. The van der Waals surface area contributed by atoms with E-state index in [2.05, 4.69) is 0 Å². The summed E-state index contributed by atoms with van der Waals surface area (Å²) in [6.45, 7) is 5.15. The normalized spacial score (nSPS) is 14.5. The summed E-state index contributed by atoms with van der Waals surface area (Å²) < 4.78 is 31.6. The summed E-state index contributed by atoms with van der Waals surface area (Å²) in [7, 11) is -4.05. The largest absolute Gasteiger partial charge is 0.494 e. The number of aliphatic hydroxyl groups excluding tert-OH is 1. The van der Waals surface area contributed by atoms with Gasteiger partial charge < -0.3 is 14.9 Å². The Balaban J connectivity index is 3.08. The number of carboxylic acid groups (broad SMARTS) is 1. The average molecular weight is 317 g/mol. The summed E-state index contributed by atoms with van der Waals surface area (Å²) in [6, 6.07) is 2.60. The van der Waals surface area contributed by atoms with Crippen molar-refractivity contribution in [1.82, 2.24) is 4.72 Å². The molecule has 0 fully saturated rings. The van der Waals surface area contributed by atoms with Crippen molar-refractivity contribution in [1.29, 1.82) is 0 Å². The molecule has 0 bridgehead atoms. The number of carboxylic acids is 1. The minimum absolute atomic E-state index is 0.0876. The first-order valence-electron chi connectivity index (χ1n) is 6.35. The molecule has 0 saturated carbocycles. The Labute approximate surface area is 123 Å². The first-order chi connectivity index (χ1) is 9.69. The van der Waals surface area contributed by atoms with Gasteiger partial charge in [0.1, 0.15) is 11.8 Å². The Morgan fingerprint density at radius 2 is 2.05 bits per heavy atom. The molecule has 0 radical (unpaired) electrons. The fraction of sp³-hybridized carbons (Fsp3) is 0.462. The van der Waals surface area contributed by atoms with Gasteiger partial charge in [0.15, 0.2) is 0 Å². The van der Waals surface area contributed by atoms with Crippen LogP contribution >= 0.6 is 0 Å². The number of ether oxygens (including phenoxy) is 1. The SMILES string of the molecule is CCOc1ccc(S(=O)(=O)N[C@H](C(=O)O)[C@@H](C)O)cc1C. The summed E-state index contributed by atoms with van der Waals surface area (Å²) in [5.74, 6) is -0.891. The average Bonchev–Trinajstić information content (AvgIpc) is 2.38. The molecule has 0 aromatic heterocycles. The topological polar surface area (TPSA) is 113 Å². The Hall–Kier alpha value is -1.64. The maximum absolute atomic E-state index is 12.1. The van der Waals surface area contributed by atoms with Crippen LogP contribution in [0.2, 0.25) is 0 Å². The lowest BCUT2D eigenvalue weighted by Gasteiger charge is -2.17. The molecule has 3 N–H and O–H groups in total. The molecule has 8 heteroatoms. The van der Waals surface area contributed by atoms with Crippen molar-refractivity contribution in [2.75, 3.05) is 6.61 Å². The molecule has 0 spiro atoms. The number of aliphatic hydroxyl groups is 1. The van der Waals surface area contributed by atoms with E-state index >= 15 is 0 Å². The van der Waals surface area contributed by atoms with Gasteiger partial charge in [-0.15, -0.1) is 0 Å². The number of nitrogens with one attached hydrogen (secondary N) is 1. The molecule has 0 amide bonds. The quantitative estimate of drug-likeness (QED) is 0.675. The molecule has 0 saturated heterocycles. The van der Waals surface area contributed by atoms with Crippen LogP contribution in [-0.4, -0.2) is 43.4 Å². The standard InChI is InChI=1S/C13H19NO6S/c1-4-20-11-6-5-10(7-8(11)2)21(18,19)14-12(9(3)15)13(16)17/h5-7,9,12,14-15H,4H2,1-3H3,(H,16,17)/t9-,12+/m1/s1. The Morgan fingerprint density at radius 1 is 1.43 bits per heavy atom. The lowest BCUT2D eigenvalue weighted by molar-refractivity contribution is -0.141. The van der Waals surface area contributed by atoms with Crippen LogP contribution in [0.5, 0.6) is 5.75 Å². The molecule has 0 aliphatic rings. The molecular weight excluding hydrogens is 298 g/mol. The maximum Gasteiger partial charge on any atom is 0.324 e. The molecule has 2 atom stereocenters. The van der Waals surface area contributed by atoms with E-state index in [0.717, 1.165) is 0 Å². The zero-order valence-electron chi connectivity index (χ0n) is 12.0. The van der Waals surface area contributed by atoms with E-state index in [-0.39, 0.29) is 4.90 Å². The van der Waals surface area contributed by atoms with Gasteiger partial charge in [-0.05, 0) is 44.5 Å². The van der Waals surface area contributed by atoms with Gasteiger partial charge in [0, 0.05) is 0 Å². The summed E-state index contributed by atoms with van der Waals surface area (Å²) in [4.78, 5) is 10.9. The van der Waals surface area contributed by atoms with Gasteiger partial charge in [-0.25, -0.2) is 8.42 Å². The van der Waals surface area contributed by atoms with Gasteiger partial charge in [-0.1, -0.05) is 0 Å². The lowest BCUT2D eigenvalue weighted by atomic mass is 10.2. The molecule has 1 aromatic carbocycles. The highest BCUT2D eigenvalue weighted by Crippen LogP contribution is 2.22. The third kappa shape index (κ3) is 4.42. The second-order valence-corrected chi connectivity index (χ2v) is 6.25. The van der Waals surface area contributed by atoms with Crippen molar-refractivity contribution < 1.29 is 28.2 Å². The molecular formula is C13H19NO6S. The first kappa shape index (κ1) is 17.4. The maximum atomic E-state index is 12.1. The molecule has 0 aliphatic heterocycles. The molecule has 1 rings (SSSR count). The smallest absolute Gasteiger partial charge is 0.324 e. The van der Waals surface area contributed by atoms with E-state index < -0.39 is 28.1 Å². The van der Waals surface area contributed by atoms with E-state index in [4.69, 9.17) is 9.84 Å². The number of rotatable bonds is 7. The molecule has 7 nitrogen and oxygen atoms in total. The van der Waals surface area contributed by atoms with Gasteiger partial charge in [0.2, 0.25) is 10.0 Å². The Bertz CT molecular complexity index is 611. The van der Waals surface area contributed by atoms with E-state index in [1.54, 1.807) is 6.92 Å². The zero-order chi connectivity index (χ0) is 16.2. The first-order valence-corrected chi connectivity index (χ1v) is 7.84. The van der Waals surface area contributed by atoms with Crippen molar-refractivity contribution in [3.8, 4) is 5.75 Å². The molecule has 0 unspecified atom stereocenters. The van der Waals surface area contributed by atoms with E-state index in [0.29, 0.717) is 17.9 Å². The van der Waals surface area contributed by atoms with Gasteiger partial charge in [-0.2, -0.15) is 4.72 Å². The van der Waals surface area contributed by atoms with E-state index in [1.807, 2.05) is 11.6 Å². The second kappa shape index (κ2) is 6.88. The number of carbonyl (C=O) groups is 1. The van der Waals surface area contributed by atoms with Gasteiger partial charge in [0.25, 0.3) is 0 Å². The number of hydrogen-bond donors (Lipinski definition) is 3. The highest BCUT2D eigenvalue weighted by molar-refractivity contribution is 7.89. The van der Waals surface area contributed by atoms with Crippen LogP contribution in [0, 0.1) is 6.92 Å². The lowest BCUT2D eigenvalue weighted by Crippen LogP contribution is -2.47. The van der Waals surface area contributed by atoms with Gasteiger partial charge in [0.05, 0.1) is 17.6 Å². The summed E-state index contributed by atoms with van der Waals surface area (Å²) >= 11 is 0. The monoisotopic (exact) mass is 317 g/mol. The van der Waals surface area contributed by atoms with Crippen molar-refractivity contribution in [3.63, 3.8) is 0 Å². The van der Waals surface area contributed by atoms with Crippen LogP contribution in [0.3, 0.4) is 0 Å². The van der Waals surface area contributed by atoms with Crippen molar-refractivity contribution in [2.24, 2.45) is 0 Å². The number of aryl methyl sites for hydroxylation is 1. The molecule has 1 aromatic rings. The molecule has 21 heavy (non-hydrogen) atoms.